The van der Waals surface area contributed by atoms with Crippen molar-refractivity contribution in [3.8, 4) is 5.75 Å². The predicted octanol–water partition coefficient (Wildman–Crippen LogP) is 1.51. The number of carbonyl (C=O) groups excluding carboxylic acids is 2. The van der Waals surface area contributed by atoms with Gasteiger partial charge < -0.3 is 29.8 Å². The highest BCUT2D eigenvalue weighted by molar-refractivity contribution is 5.98. The number of amides is 2. The van der Waals surface area contributed by atoms with Crippen molar-refractivity contribution in [3.05, 3.63) is 57.3 Å². The molecule has 1 aliphatic rings. The number of carbonyl (C=O) groups is 2. The maximum absolute atomic E-state index is 13.6. The quantitative estimate of drug-likeness (QED) is 0.422. The third kappa shape index (κ3) is 5.63. The Morgan fingerprint density at radius 3 is 2.56 bits per heavy atom. The molecule has 2 heterocycles. The van der Waals surface area contributed by atoms with Gasteiger partial charge in [-0.3, -0.25) is 19.4 Å². The maximum atomic E-state index is 13.6. The summed E-state index contributed by atoms with van der Waals surface area (Å²) in [5.41, 5.74) is 0.0951. The molecule has 0 spiro atoms. The van der Waals surface area contributed by atoms with E-state index >= 15 is 0 Å². The molecule has 0 saturated carbocycles. The Morgan fingerprint density at radius 2 is 1.94 bits per heavy atom. The van der Waals surface area contributed by atoms with Gasteiger partial charge in [-0.15, -0.1) is 0 Å². The van der Waals surface area contributed by atoms with Crippen LogP contribution in [0.3, 0.4) is 0 Å². The van der Waals surface area contributed by atoms with Gasteiger partial charge in [0, 0.05) is 45.9 Å². The van der Waals surface area contributed by atoms with Crippen LogP contribution >= 0.6 is 0 Å². The smallest absolute Gasteiger partial charge is 0.267 e. The number of aromatic hydroxyl groups is 1. The number of nitrogens with one attached hydrogen (secondary N) is 2. The first-order valence-corrected chi connectivity index (χ1v) is 11.5. The second-order valence-corrected chi connectivity index (χ2v) is 8.52. The van der Waals surface area contributed by atoms with Crippen LogP contribution in [-0.4, -0.2) is 68.2 Å². The normalized spacial score (nSPS) is 17.4. The van der Waals surface area contributed by atoms with Crippen LogP contribution in [0.1, 0.15) is 34.5 Å². The van der Waals surface area contributed by atoms with Crippen molar-refractivity contribution in [1.82, 2.24) is 15.2 Å². The topological polar surface area (TPSA) is 131 Å². The number of ether oxygens (including phenoxy) is 2. The summed E-state index contributed by atoms with van der Waals surface area (Å²) in [4.78, 5) is 43.2. The molecule has 0 radical (unpaired) electrons. The van der Waals surface area contributed by atoms with Gasteiger partial charge in [0.15, 0.2) is 11.9 Å². The number of rotatable bonds is 10. The van der Waals surface area contributed by atoms with Crippen molar-refractivity contribution in [3.63, 3.8) is 0 Å². The van der Waals surface area contributed by atoms with E-state index in [-0.39, 0.29) is 43.0 Å². The number of hydrogen-bond donors (Lipinski definition) is 3. The molecule has 0 fully saturated rings. The second-order valence-electron chi connectivity index (χ2n) is 8.52. The lowest BCUT2D eigenvalue weighted by Gasteiger charge is -2.31. The predicted molar refractivity (Wildman–Crippen MR) is 132 cm³/mol. The molecule has 3 rings (SSSR count). The van der Waals surface area contributed by atoms with Crippen molar-refractivity contribution in [2.75, 3.05) is 34.4 Å². The standard InChI is InChI=1S/C25H31FN4O6/c1-14-16(11-15-5-7-17(26)8-6-15)12-29-20-21(14)30(13-18(36-4)23(32)27-2)25(34)19(22(20)31)24(33)28-9-10-35-3/h5-8,12,14,16,18,31H,9-11,13H2,1-4H3,(H,27,32)(H,28,33)/t14?,16?,18-/m1/s1. The number of methoxy groups -OCH3 is 2. The van der Waals surface area contributed by atoms with Crippen LogP contribution < -0.4 is 16.2 Å². The lowest BCUT2D eigenvalue weighted by molar-refractivity contribution is -0.131. The van der Waals surface area contributed by atoms with E-state index in [9.17, 15) is 23.9 Å². The molecule has 0 saturated heterocycles. The average molecular weight is 503 g/mol. The molecule has 2 aromatic rings. The van der Waals surface area contributed by atoms with E-state index in [1.807, 2.05) is 6.92 Å². The summed E-state index contributed by atoms with van der Waals surface area (Å²) in [6, 6.07) is 6.10. The third-order valence-electron chi connectivity index (χ3n) is 6.30. The van der Waals surface area contributed by atoms with E-state index in [0.717, 1.165) is 5.56 Å². The van der Waals surface area contributed by atoms with Crippen molar-refractivity contribution in [1.29, 1.82) is 0 Å². The molecule has 1 aromatic heterocycles. The number of fused-ring (bicyclic) bond motifs is 1. The minimum absolute atomic E-state index is 0.0844. The van der Waals surface area contributed by atoms with E-state index in [0.29, 0.717) is 12.1 Å². The first-order chi connectivity index (χ1) is 17.2. The van der Waals surface area contributed by atoms with E-state index in [1.54, 1.807) is 18.3 Å². The third-order valence-corrected chi connectivity index (χ3v) is 6.30. The monoisotopic (exact) mass is 502 g/mol. The number of hydrogen-bond acceptors (Lipinski definition) is 7. The van der Waals surface area contributed by atoms with Gasteiger partial charge in [0.25, 0.3) is 17.4 Å². The molecule has 11 heteroatoms. The first kappa shape index (κ1) is 27.0. The number of benzene rings is 1. The SMILES string of the molecule is CNC(=O)[C@@H](Cn1c2c(c(O)c(C(=O)NCCOC)c1=O)N=CC(Cc1ccc(F)cc1)C2C)OC. The summed E-state index contributed by atoms with van der Waals surface area (Å²) in [5, 5.41) is 16.0. The molecule has 2 unspecified atom stereocenters. The largest absolute Gasteiger partial charge is 0.505 e. The summed E-state index contributed by atoms with van der Waals surface area (Å²) in [7, 11) is 4.26. The van der Waals surface area contributed by atoms with E-state index in [2.05, 4.69) is 15.6 Å². The van der Waals surface area contributed by atoms with Crippen LogP contribution in [0.5, 0.6) is 5.75 Å². The lowest BCUT2D eigenvalue weighted by Crippen LogP contribution is -2.43. The fourth-order valence-electron chi connectivity index (χ4n) is 4.26. The Balaban J connectivity index is 2.11. The Labute approximate surface area is 208 Å². The summed E-state index contributed by atoms with van der Waals surface area (Å²) in [6.45, 7) is 2.02. The van der Waals surface area contributed by atoms with Gasteiger partial charge in [-0.2, -0.15) is 0 Å². The van der Waals surface area contributed by atoms with Crippen molar-refractivity contribution in [2.45, 2.75) is 31.9 Å². The minimum atomic E-state index is -1.03. The lowest BCUT2D eigenvalue weighted by atomic mass is 9.83. The van der Waals surface area contributed by atoms with Crippen LogP contribution in [-0.2, 0) is 27.2 Å². The number of pyridine rings is 1. The number of likely N-dealkylation sites (N-methyl/N-ethyl adjacent to an activating group) is 1. The molecule has 194 valence electrons. The Hall–Kier alpha value is -3.57. The molecule has 3 N–H and O–H groups in total. The maximum Gasteiger partial charge on any atom is 0.267 e. The molecule has 1 aromatic carbocycles. The van der Waals surface area contributed by atoms with Crippen molar-refractivity contribution >= 4 is 23.7 Å². The van der Waals surface area contributed by atoms with Gasteiger partial charge in [-0.25, -0.2) is 4.39 Å². The van der Waals surface area contributed by atoms with Crippen molar-refractivity contribution in [2.24, 2.45) is 10.9 Å². The number of aliphatic imine (C=N–C) groups is 1. The van der Waals surface area contributed by atoms with Gasteiger partial charge in [0.1, 0.15) is 17.1 Å². The van der Waals surface area contributed by atoms with E-state index in [1.165, 1.54) is 38.0 Å². The Bertz CT molecular complexity index is 1190. The summed E-state index contributed by atoms with van der Waals surface area (Å²) in [5.74, 6) is -2.64. The molecular formula is C25H31FN4O6. The zero-order chi connectivity index (χ0) is 26.4. The summed E-state index contributed by atoms with van der Waals surface area (Å²) < 4.78 is 24.9. The molecule has 2 amide bonds. The highest BCUT2D eigenvalue weighted by Gasteiger charge is 2.34. The van der Waals surface area contributed by atoms with E-state index in [4.69, 9.17) is 9.47 Å². The van der Waals surface area contributed by atoms with Crippen LogP contribution in [0.15, 0.2) is 34.1 Å². The van der Waals surface area contributed by atoms with Gasteiger partial charge in [0.2, 0.25) is 0 Å². The molecule has 0 aliphatic carbocycles. The summed E-state index contributed by atoms with van der Waals surface area (Å²) >= 11 is 0. The van der Waals surface area contributed by atoms with E-state index < -0.39 is 34.8 Å². The van der Waals surface area contributed by atoms with Crippen LogP contribution in [0.4, 0.5) is 10.1 Å². The highest BCUT2D eigenvalue weighted by atomic mass is 19.1. The number of nitrogens with zero attached hydrogens (tertiary/aromatic N) is 2. The fourth-order valence-corrected chi connectivity index (χ4v) is 4.26. The Kier molecular flexibility index (Phi) is 8.94. The van der Waals surface area contributed by atoms with Crippen molar-refractivity contribution < 1.29 is 28.6 Å². The van der Waals surface area contributed by atoms with Crippen LogP contribution in [0, 0.1) is 11.7 Å². The van der Waals surface area contributed by atoms with Crippen LogP contribution in [0.25, 0.3) is 0 Å². The molecule has 1 aliphatic heterocycles. The number of halogens is 1. The molecule has 0 bridgehead atoms. The molecule has 36 heavy (non-hydrogen) atoms. The van der Waals surface area contributed by atoms with Gasteiger partial charge in [-0.05, 0) is 24.1 Å². The van der Waals surface area contributed by atoms with Crippen LogP contribution in [0.2, 0.25) is 0 Å². The van der Waals surface area contributed by atoms with Gasteiger partial charge >= 0.3 is 0 Å². The molecular weight excluding hydrogens is 471 g/mol. The Morgan fingerprint density at radius 1 is 1.25 bits per heavy atom. The second kappa shape index (κ2) is 11.9. The number of aromatic nitrogens is 1. The zero-order valence-corrected chi connectivity index (χ0v) is 20.7. The average Bonchev–Trinajstić information content (AvgIpc) is 2.86. The molecule has 3 atom stereocenters. The van der Waals surface area contributed by atoms with Gasteiger partial charge in [0.05, 0.1) is 18.8 Å². The van der Waals surface area contributed by atoms with Gasteiger partial charge in [-0.1, -0.05) is 19.1 Å². The zero-order valence-electron chi connectivity index (χ0n) is 20.7. The highest BCUT2D eigenvalue weighted by Crippen LogP contribution is 2.42. The summed E-state index contributed by atoms with van der Waals surface area (Å²) in [6.07, 6.45) is 1.13. The first-order valence-electron chi connectivity index (χ1n) is 11.5. The minimum Gasteiger partial charge on any atom is -0.505 e. The molecule has 10 nitrogen and oxygen atoms in total. The fraction of sp³-hybridized carbons (Fsp3) is 0.440.